The Balaban J connectivity index is 1.87. The molecule has 0 aromatic heterocycles. The molecule has 0 saturated heterocycles. The van der Waals surface area contributed by atoms with Gasteiger partial charge < -0.3 is 4.74 Å². The molecule has 4 fully saturated rings. The summed E-state index contributed by atoms with van der Waals surface area (Å²) in [5.74, 6) is -3.91. The van der Waals surface area contributed by atoms with Gasteiger partial charge in [0, 0.05) is 0 Å². The third kappa shape index (κ3) is 3.54. The van der Waals surface area contributed by atoms with E-state index < -0.39 is 51.6 Å². The van der Waals surface area contributed by atoms with Gasteiger partial charge in [0.2, 0.25) is 0 Å². The fourth-order valence-corrected chi connectivity index (χ4v) is 6.40. The highest BCUT2D eigenvalue weighted by Crippen LogP contribution is 2.67. The summed E-state index contributed by atoms with van der Waals surface area (Å²) < 4.78 is 114. The first-order valence-electron chi connectivity index (χ1n) is 8.37. The molecule has 156 valence electrons. The number of ether oxygens (including phenoxy) is 1. The molecule has 0 aromatic carbocycles. The van der Waals surface area contributed by atoms with Crippen LogP contribution in [-0.4, -0.2) is 42.6 Å². The SMILES string of the molecule is O=C(CC12CC3CC(CC1C3)C2)OC(CS(=O)(=O)O)(C(F)(F)F)C(F)(F)F. The molecule has 0 heterocycles. The van der Waals surface area contributed by atoms with E-state index in [2.05, 4.69) is 4.74 Å². The Hall–Kier alpha value is -1.04. The van der Waals surface area contributed by atoms with Gasteiger partial charge in [0.15, 0.2) is 0 Å². The van der Waals surface area contributed by atoms with E-state index >= 15 is 0 Å². The first-order chi connectivity index (χ1) is 12.1. The van der Waals surface area contributed by atoms with E-state index in [1.165, 1.54) is 0 Å². The van der Waals surface area contributed by atoms with E-state index in [1.807, 2.05) is 0 Å². The maximum absolute atomic E-state index is 13.2. The van der Waals surface area contributed by atoms with E-state index in [1.54, 1.807) is 0 Å². The lowest BCUT2D eigenvalue weighted by atomic mass is 9.73. The van der Waals surface area contributed by atoms with Crippen molar-refractivity contribution in [3.63, 3.8) is 0 Å². The van der Waals surface area contributed by atoms with Gasteiger partial charge >= 0.3 is 23.9 Å². The Kier molecular flexibility index (Phi) is 4.58. The molecule has 27 heavy (non-hydrogen) atoms. The predicted molar refractivity (Wildman–Crippen MR) is 78.0 cm³/mol. The van der Waals surface area contributed by atoms with E-state index in [0.717, 1.165) is 19.3 Å². The van der Waals surface area contributed by atoms with Gasteiger partial charge in [-0.15, -0.1) is 0 Å². The lowest BCUT2D eigenvalue weighted by molar-refractivity contribution is -0.361. The van der Waals surface area contributed by atoms with Gasteiger partial charge in [0.05, 0.1) is 6.42 Å². The van der Waals surface area contributed by atoms with E-state index in [-0.39, 0.29) is 5.92 Å². The summed E-state index contributed by atoms with van der Waals surface area (Å²) in [7, 11) is -5.76. The second kappa shape index (κ2) is 5.98. The highest BCUT2D eigenvalue weighted by atomic mass is 32.2. The van der Waals surface area contributed by atoms with Crippen molar-refractivity contribution >= 4 is 16.1 Å². The Labute approximate surface area is 151 Å². The molecule has 12 heteroatoms. The average molecular weight is 424 g/mol. The maximum Gasteiger partial charge on any atom is 0.438 e. The van der Waals surface area contributed by atoms with Gasteiger partial charge in [-0.3, -0.25) is 9.35 Å². The van der Waals surface area contributed by atoms with Crippen LogP contribution in [0.5, 0.6) is 0 Å². The van der Waals surface area contributed by atoms with Crippen LogP contribution in [0.4, 0.5) is 26.3 Å². The van der Waals surface area contributed by atoms with Crippen LogP contribution in [0.15, 0.2) is 0 Å². The van der Waals surface area contributed by atoms with Crippen molar-refractivity contribution < 1.29 is 48.8 Å². The first-order valence-corrected chi connectivity index (χ1v) is 9.98. The summed E-state index contributed by atoms with van der Waals surface area (Å²) in [6.45, 7) is 0. The number of esters is 1. The third-order valence-corrected chi connectivity index (χ3v) is 7.02. The van der Waals surface area contributed by atoms with Crippen molar-refractivity contribution in [1.29, 1.82) is 0 Å². The van der Waals surface area contributed by atoms with E-state index in [9.17, 15) is 39.6 Å². The van der Waals surface area contributed by atoms with Crippen molar-refractivity contribution in [2.24, 2.45) is 23.2 Å². The summed E-state index contributed by atoms with van der Waals surface area (Å²) in [6, 6.07) is 0. The molecular formula is C15H18F6O5S. The van der Waals surface area contributed by atoms with Crippen LogP contribution in [0.3, 0.4) is 0 Å². The van der Waals surface area contributed by atoms with Gasteiger partial charge in [-0.05, 0) is 55.3 Å². The largest absolute Gasteiger partial charge is 0.438 e. The van der Waals surface area contributed by atoms with Gasteiger partial charge in [0.1, 0.15) is 5.75 Å². The van der Waals surface area contributed by atoms with Crippen LogP contribution >= 0.6 is 0 Å². The average Bonchev–Trinajstić information content (AvgIpc) is 2.77. The van der Waals surface area contributed by atoms with Crippen LogP contribution in [-0.2, 0) is 19.6 Å². The number of hydrogen-bond donors (Lipinski definition) is 1. The fraction of sp³-hybridized carbons (Fsp3) is 0.933. The van der Waals surface area contributed by atoms with Crippen LogP contribution < -0.4 is 0 Å². The van der Waals surface area contributed by atoms with Crippen molar-refractivity contribution in [2.75, 3.05) is 5.75 Å². The number of carbonyl (C=O) groups excluding carboxylic acids is 1. The number of hydrogen-bond acceptors (Lipinski definition) is 4. The second-order valence-electron chi connectivity index (χ2n) is 8.11. The lowest BCUT2D eigenvalue weighted by Gasteiger charge is -2.37. The van der Waals surface area contributed by atoms with Gasteiger partial charge in [-0.2, -0.15) is 34.8 Å². The Morgan fingerprint density at radius 2 is 1.48 bits per heavy atom. The number of alkyl halides is 6. The molecule has 4 aliphatic rings. The monoisotopic (exact) mass is 424 g/mol. The molecular weight excluding hydrogens is 406 g/mol. The van der Waals surface area contributed by atoms with Gasteiger partial charge in [-0.1, -0.05) is 0 Å². The number of rotatable bonds is 5. The zero-order valence-electron chi connectivity index (χ0n) is 13.9. The minimum atomic E-state index is -6.28. The number of carbonyl (C=O) groups is 1. The summed E-state index contributed by atoms with van der Waals surface area (Å²) in [6.07, 6.45) is -9.55. The standard InChI is InChI=1S/C15H18F6O5S/c16-14(17,18)13(15(19,20)21,7-27(23,24)25)26-11(22)6-12-4-8-1-9(5-12)3-10(12)2-8/h8-10H,1-7H2,(H,23,24,25). The molecule has 0 amide bonds. The highest BCUT2D eigenvalue weighted by molar-refractivity contribution is 7.85. The minimum Gasteiger partial charge on any atom is -0.438 e. The molecule has 4 rings (SSSR count). The molecule has 2 unspecified atom stereocenters. The van der Waals surface area contributed by atoms with Crippen molar-refractivity contribution in [3.05, 3.63) is 0 Å². The zero-order chi connectivity index (χ0) is 20.5. The highest BCUT2D eigenvalue weighted by Gasteiger charge is 2.76. The smallest absolute Gasteiger partial charge is 0.438 e. The third-order valence-electron chi connectivity index (χ3n) is 6.24. The molecule has 0 spiro atoms. The summed E-state index contributed by atoms with van der Waals surface area (Å²) in [5, 5.41) is 0. The Morgan fingerprint density at radius 1 is 1.00 bits per heavy atom. The minimum absolute atomic E-state index is 0.0570. The molecule has 5 nitrogen and oxygen atoms in total. The van der Waals surface area contributed by atoms with Crippen molar-refractivity contribution in [1.82, 2.24) is 0 Å². The molecule has 4 bridgehead atoms. The molecule has 0 aliphatic heterocycles. The topological polar surface area (TPSA) is 80.7 Å². The van der Waals surface area contributed by atoms with Crippen LogP contribution in [0.1, 0.15) is 38.5 Å². The van der Waals surface area contributed by atoms with Crippen LogP contribution in [0, 0.1) is 23.2 Å². The molecule has 1 N–H and O–H groups in total. The predicted octanol–water partition coefficient (Wildman–Crippen LogP) is 3.50. The van der Waals surface area contributed by atoms with E-state index in [0.29, 0.717) is 24.7 Å². The molecule has 0 radical (unpaired) electrons. The Morgan fingerprint density at radius 3 is 1.89 bits per heavy atom. The summed E-state index contributed by atoms with van der Waals surface area (Å²) in [5.41, 5.74) is -5.98. The van der Waals surface area contributed by atoms with Gasteiger partial charge in [-0.25, -0.2) is 0 Å². The van der Waals surface area contributed by atoms with Crippen LogP contribution in [0.2, 0.25) is 0 Å². The van der Waals surface area contributed by atoms with Crippen molar-refractivity contribution in [3.8, 4) is 0 Å². The lowest BCUT2D eigenvalue weighted by Crippen LogP contribution is -2.63. The van der Waals surface area contributed by atoms with Crippen LogP contribution in [0.25, 0.3) is 0 Å². The maximum atomic E-state index is 13.2. The molecule has 4 saturated carbocycles. The second-order valence-corrected chi connectivity index (χ2v) is 9.56. The van der Waals surface area contributed by atoms with E-state index in [4.69, 9.17) is 4.55 Å². The summed E-state index contributed by atoms with van der Waals surface area (Å²) >= 11 is 0. The Bertz CT molecular complexity index is 700. The molecule has 4 aliphatic carbocycles. The van der Waals surface area contributed by atoms with Gasteiger partial charge in [0.25, 0.3) is 10.1 Å². The van der Waals surface area contributed by atoms with Crippen molar-refractivity contribution in [2.45, 2.75) is 56.5 Å². The number of halogens is 6. The normalized spacial score (nSPS) is 33.5. The summed E-state index contributed by atoms with van der Waals surface area (Å²) in [4.78, 5) is 12.2. The molecule has 2 atom stereocenters. The zero-order valence-corrected chi connectivity index (χ0v) is 14.8. The first kappa shape index (κ1) is 20.7. The molecule has 0 aromatic rings. The fourth-order valence-electron chi connectivity index (χ4n) is 5.50. The quantitative estimate of drug-likeness (QED) is 0.415.